The predicted molar refractivity (Wildman–Crippen MR) is 79.5 cm³/mol. The van der Waals surface area contributed by atoms with Crippen LogP contribution < -0.4 is 5.32 Å². The summed E-state index contributed by atoms with van der Waals surface area (Å²) in [6, 6.07) is 7.51. The van der Waals surface area contributed by atoms with Gasteiger partial charge in [-0.05, 0) is 69.1 Å². The third-order valence-electron chi connectivity index (χ3n) is 3.62. The summed E-state index contributed by atoms with van der Waals surface area (Å²) in [4.78, 5) is 2.52. The zero-order valence-corrected chi connectivity index (χ0v) is 12.2. The highest BCUT2D eigenvalue weighted by Crippen LogP contribution is 2.17. The number of nitrogens with one attached hydrogen (secondary N) is 1. The molecule has 1 fully saturated rings. The van der Waals surface area contributed by atoms with Gasteiger partial charge < -0.3 is 15.0 Å². The maximum Gasteiger partial charge on any atom is 0.0717 e. The molecule has 1 aliphatic heterocycles. The average molecular weight is 261 g/mol. The number of nitrogens with zero attached hydrogens (tertiary/aromatic N) is 1. The maximum atomic E-state index is 5.44. The van der Waals surface area contributed by atoms with Crippen LogP contribution in [-0.2, 0) is 11.3 Å². The Bertz CT molecular complexity index is 386. The predicted octanol–water partition coefficient (Wildman–Crippen LogP) is 2.84. The number of hydrogen-bond acceptors (Lipinski definition) is 3. The van der Waals surface area contributed by atoms with E-state index in [1.807, 2.05) is 13.0 Å². The molecule has 3 nitrogen and oxygen atoms in total. The van der Waals surface area contributed by atoms with Crippen molar-refractivity contribution >= 4 is 5.69 Å². The average Bonchev–Trinajstić information content (AvgIpc) is 2.92. The highest BCUT2D eigenvalue weighted by Gasteiger charge is 2.10. The van der Waals surface area contributed by atoms with Crippen LogP contribution in [0.1, 0.15) is 30.9 Å². The molecule has 105 valence electrons. The number of anilines is 1. The molecule has 0 unspecified atom stereocenters. The van der Waals surface area contributed by atoms with Crippen LogP contribution in [0.2, 0.25) is 0 Å². The minimum Gasteiger partial charge on any atom is -0.384 e. The Morgan fingerprint density at radius 3 is 2.89 bits per heavy atom. The molecular formula is C16H25N2O. The van der Waals surface area contributed by atoms with E-state index in [-0.39, 0.29) is 0 Å². The molecule has 0 bridgehead atoms. The van der Waals surface area contributed by atoms with Crippen molar-refractivity contribution in [2.75, 3.05) is 38.1 Å². The van der Waals surface area contributed by atoms with Crippen LogP contribution in [0.3, 0.4) is 0 Å². The van der Waals surface area contributed by atoms with E-state index in [9.17, 15) is 0 Å². The zero-order chi connectivity index (χ0) is 13.5. The Balaban J connectivity index is 1.83. The van der Waals surface area contributed by atoms with Crippen molar-refractivity contribution in [3.8, 4) is 0 Å². The third-order valence-corrected chi connectivity index (χ3v) is 3.62. The molecule has 1 aliphatic rings. The van der Waals surface area contributed by atoms with E-state index >= 15 is 0 Å². The molecular weight excluding hydrogens is 236 g/mol. The van der Waals surface area contributed by atoms with Crippen molar-refractivity contribution in [3.05, 3.63) is 29.3 Å². The summed E-state index contributed by atoms with van der Waals surface area (Å²) < 4.78 is 5.44. The molecule has 3 heteroatoms. The fourth-order valence-corrected chi connectivity index (χ4v) is 2.46. The molecule has 0 atom stereocenters. The van der Waals surface area contributed by atoms with Gasteiger partial charge in [0.05, 0.1) is 6.61 Å². The van der Waals surface area contributed by atoms with Crippen LogP contribution in [0.25, 0.3) is 0 Å². The van der Waals surface area contributed by atoms with Gasteiger partial charge in [0.25, 0.3) is 0 Å². The number of benzene rings is 1. The SMILES string of the molecule is CCOCc1c[c]c(C)c(NCCN2CCCC2)c1. The fraction of sp³-hybridized carbons (Fsp3) is 0.625. The summed E-state index contributed by atoms with van der Waals surface area (Å²) in [5.41, 5.74) is 3.56. The summed E-state index contributed by atoms with van der Waals surface area (Å²) in [5.74, 6) is 0. The molecule has 1 saturated heterocycles. The first kappa shape index (κ1) is 14.4. The summed E-state index contributed by atoms with van der Waals surface area (Å²) in [6.07, 6.45) is 2.72. The van der Waals surface area contributed by atoms with Gasteiger partial charge in [0.1, 0.15) is 0 Å². The summed E-state index contributed by atoms with van der Waals surface area (Å²) >= 11 is 0. The van der Waals surface area contributed by atoms with Crippen molar-refractivity contribution in [2.45, 2.75) is 33.3 Å². The number of rotatable bonds is 7. The molecule has 1 N–H and O–H groups in total. The third kappa shape index (κ3) is 4.51. The molecule has 1 aromatic carbocycles. The first-order chi connectivity index (χ1) is 9.29. The van der Waals surface area contributed by atoms with Gasteiger partial charge in [-0.2, -0.15) is 0 Å². The van der Waals surface area contributed by atoms with Crippen molar-refractivity contribution in [1.29, 1.82) is 0 Å². The minimum absolute atomic E-state index is 0.675. The monoisotopic (exact) mass is 261 g/mol. The van der Waals surface area contributed by atoms with Crippen molar-refractivity contribution in [3.63, 3.8) is 0 Å². The topological polar surface area (TPSA) is 24.5 Å². The van der Waals surface area contributed by atoms with Crippen LogP contribution in [0, 0.1) is 13.0 Å². The molecule has 19 heavy (non-hydrogen) atoms. The van der Waals surface area contributed by atoms with Crippen LogP contribution in [0.15, 0.2) is 12.1 Å². The van der Waals surface area contributed by atoms with Crippen LogP contribution in [0.4, 0.5) is 5.69 Å². The van der Waals surface area contributed by atoms with Gasteiger partial charge in [0, 0.05) is 25.4 Å². The van der Waals surface area contributed by atoms with Crippen molar-refractivity contribution in [2.24, 2.45) is 0 Å². The lowest BCUT2D eigenvalue weighted by Crippen LogP contribution is -2.26. The number of likely N-dealkylation sites (tertiary alicyclic amines) is 1. The van der Waals surface area contributed by atoms with Gasteiger partial charge >= 0.3 is 0 Å². The Labute approximate surface area is 116 Å². The van der Waals surface area contributed by atoms with E-state index in [2.05, 4.69) is 29.3 Å². The van der Waals surface area contributed by atoms with Crippen molar-refractivity contribution in [1.82, 2.24) is 4.90 Å². The van der Waals surface area contributed by atoms with Crippen LogP contribution in [0.5, 0.6) is 0 Å². The molecule has 0 aromatic heterocycles. The minimum atomic E-state index is 0.675. The Kier molecular flexibility index (Phi) is 5.67. The van der Waals surface area contributed by atoms with Gasteiger partial charge in [0.15, 0.2) is 0 Å². The highest BCUT2D eigenvalue weighted by molar-refractivity contribution is 5.52. The zero-order valence-electron chi connectivity index (χ0n) is 12.2. The highest BCUT2D eigenvalue weighted by atomic mass is 16.5. The standard InChI is InChI=1S/C16H25N2O/c1-3-19-13-15-7-6-14(2)16(12-15)17-8-11-18-9-4-5-10-18/h7,12,17H,3-5,8-11,13H2,1-2H3. The van der Waals surface area contributed by atoms with E-state index in [1.165, 1.54) is 42.7 Å². The van der Waals surface area contributed by atoms with E-state index in [4.69, 9.17) is 4.74 Å². The smallest absolute Gasteiger partial charge is 0.0717 e. The summed E-state index contributed by atoms with van der Waals surface area (Å²) in [5, 5.41) is 3.53. The quantitative estimate of drug-likeness (QED) is 0.817. The molecule has 0 saturated carbocycles. The number of hydrogen-bond donors (Lipinski definition) is 1. The first-order valence-electron chi connectivity index (χ1n) is 7.34. The number of aryl methyl sites for hydroxylation is 1. The lowest BCUT2D eigenvalue weighted by atomic mass is 10.1. The normalized spacial score (nSPS) is 15.9. The Morgan fingerprint density at radius 1 is 1.37 bits per heavy atom. The molecule has 0 spiro atoms. The largest absolute Gasteiger partial charge is 0.384 e. The fourth-order valence-electron chi connectivity index (χ4n) is 2.46. The van der Waals surface area contributed by atoms with Gasteiger partial charge in [0.2, 0.25) is 0 Å². The second-order valence-electron chi connectivity index (χ2n) is 5.16. The molecule has 0 amide bonds. The first-order valence-corrected chi connectivity index (χ1v) is 7.34. The van der Waals surface area contributed by atoms with Crippen LogP contribution >= 0.6 is 0 Å². The van der Waals surface area contributed by atoms with Gasteiger partial charge in [-0.15, -0.1) is 0 Å². The summed E-state index contributed by atoms with van der Waals surface area (Å²) in [6.45, 7) is 10.2. The van der Waals surface area contributed by atoms with E-state index in [0.29, 0.717) is 6.61 Å². The summed E-state index contributed by atoms with van der Waals surface area (Å²) in [7, 11) is 0. The molecule has 1 aromatic rings. The second-order valence-corrected chi connectivity index (χ2v) is 5.16. The molecule has 2 rings (SSSR count). The van der Waals surface area contributed by atoms with E-state index in [0.717, 1.165) is 19.7 Å². The van der Waals surface area contributed by atoms with E-state index < -0.39 is 0 Å². The molecule has 1 radical (unpaired) electrons. The second kappa shape index (κ2) is 7.51. The lowest BCUT2D eigenvalue weighted by molar-refractivity contribution is 0.134. The van der Waals surface area contributed by atoms with Gasteiger partial charge in [-0.25, -0.2) is 0 Å². The van der Waals surface area contributed by atoms with Gasteiger partial charge in [-0.1, -0.05) is 0 Å². The Hall–Kier alpha value is -1.06. The molecule has 0 aliphatic carbocycles. The Morgan fingerprint density at radius 2 is 2.16 bits per heavy atom. The van der Waals surface area contributed by atoms with Gasteiger partial charge in [-0.3, -0.25) is 0 Å². The lowest BCUT2D eigenvalue weighted by Gasteiger charge is -2.16. The maximum absolute atomic E-state index is 5.44. The molecule has 1 heterocycles. The van der Waals surface area contributed by atoms with Crippen molar-refractivity contribution < 1.29 is 4.74 Å². The van der Waals surface area contributed by atoms with Crippen LogP contribution in [-0.4, -0.2) is 37.7 Å². The van der Waals surface area contributed by atoms with E-state index in [1.54, 1.807) is 0 Å². The number of ether oxygens (including phenoxy) is 1.